The zero-order valence-corrected chi connectivity index (χ0v) is 14.7. The van der Waals surface area contributed by atoms with Crippen LogP contribution in [0.2, 0.25) is 5.02 Å². The second-order valence-electron chi connectivity index (χ2n) is 5.86. The Bertz CT molecular complexity index is 644. The molecule has 0 unspecified atom stereocenters. The number of urea groups is 1. The molecule has 2 rings (SSSR count). The van der Waals surface area contributed by atoms with Crippen molar-refractivity contribution in [2.24, 2.45) is 0 Å². The van der Waals surface area contributed by atoms with Crippen LogP contribution in [0.4, 0.5) is 4.79 Å². The Morgan fingerprint density at radius 3 is 2.60 bits per heavy atom. The molecule has 0 aliphatic heterocycles. The molecular formula is C17H21ClN2O5. The second-order valence-corrected chi connectivity index (χ2v) is 6.27. The Hall–Kier alpha value is -2.28. The fourth-order valence-corrected chi connectivity index (χ4v) is 2.61. The highest BCUT2D eigenvalue weighted by molar-refractivity contribution is 6.31. The number of carbonyl (C=O) groups excluding carboxylic acids is 3. The first-order chi connectivity index (χ1) is 11.9. The van der Waals surface area contributed by atoms with Gasteiger partial charge in [-0.3, -0.25) is 10.1 Å². The number of halogens is 1. The van der Waals surface area contributed by atoms with Crippen LogP contribution in [0.25, 0.3) is 0 Å². The van der Waals surface area contributed by atoms with Crippen LogP contribution in [-0.4, -0.2) is 37.2 Å². The molecule has 0 atom stereocenters. The summed E-state index contributed by atoms with van der Waals surface area (Å²) in [5.74, 6) is -0.926. The number of hydrogen-bond acceptors (Lipinski definition) is 5. The maximum atomic E-state index is 11.6. The monoisotopic (exact) mass is 368 g/mol. The van der Waals surface area contributed by atoms with E-state index >= 15 is 0 Å². The highest BCUT2D eigenvalue weighted by atomic mass is 35.5. The van der Waals surface area contributed by atoms with Crippen LogP contribution in [0, 0.1) is 6.92 Å². The van der Waals surface area contributed by atoms with Gasteiger partial charge in [0, 0.05) is 11.1 Å². The summed E-state index contributed by atoms with van der Waals surface area (Å²) in [6.45, 7) is 0.928. The zero-order chi connectivity index (χ0) is 18.2. The third-order valence-corrected chi connectivity index (χ3v) is 4.22. The van der Waals surface area contributed by atoms with Gasteiger partial charge in [0.15, 0.2) is 13.2 Å². The molecule has 1 aliphatic carbocycles. The third-order valence-electron chi connectivity index (χ3n) is 3.79. The predicted molar refractivity (Wildman–Crippen MR) is 91.6 cm³/mol. The minimum absolute atomic E-state index is 0.103. The Kier molecular flexibility index (Phi) is 7.06. The lowest BCUT2D eigenvalue weighted by atomic mass is 10.2. The molecule has 0 saturated heterocycles. The van der Waals surface area contributed by atoms with Crippen molar-refractivity contribution in [2.75, 3.05) is 13.2 Å². The smallest absolute Gasteiger partial charge is 0.344 e. The first-order valence-electron chi connectivity index (χ1n) is 8.09. The molecule has 3 amide bonds. The Morgan fingerprint density at radius 2 is 1.92 bits per heavy atom. The fraction of sp³-hybridized carbons (Fsp3) is 0.471. The van der Waals surface area contributed by atoms with Crippen LogP contribution in [0.15, 0.2) is 18.2 Å². The SMILES string of the molecule is Cc1cc(OCC(=O)OCC(=O)NC(=O)NC2CCCC2)ccc1Cl. The number of ether oxygens (including phenoxy) is 2. The highest BCUT2D eigenvalue weighted by Gasteiger charge is 2.18. The molecule has 2 N–H and O–H groups in total. The lowest BCUT2D eigenvalue weighted by molar-refractivity contribution is -0.150. The summed E-state index contributed by atoms with van der Waals surface area (Å²) in [5, 5.41) is 5.43. The summed E-state index contributed by atoms with van der Waals surface area (Å²) < 4.78 is 10.0. The minimum atomic E-state index is -0.709. The Morgan fingerprint density at radius 1 is 1.20 bits per heavy atom. The molecule has 25 heavy (non-hydrogen) atoms. The maximum absolute atomic E-state index is 11.6. The molecule has 0 aromatic heterocycles. The van der Waals surface area contributed by atoms with Gasteiger partial charge in [0.25, 0.3) is 5.91 Å². The number of rotatable bonds is 6. The first-order valence-corrected chi connectivity index (χ1v) is 8.47. The fourth-order valence-electron chi connectivity index (χ4n) is 2.49. The van der Waals surface area contributed by atoms with Gasteiger partial charge in [-0.25, -0.2) is 9.59 Å². The van der Waals surface area contributed by atoms with Gasteiger partial charge in [-0.05, 0) is 43.5 Å². The van der Waals surface area contributed by atoms with E-state index in [1.165, 1.54) is 0 Å². The average Bonchev–Trinajstić information content (AvgIpc) is 3.06. The van der Waals surface area contributed by atoms with Gasteiger partial charge in [-0.2, -0.15) is 0 Å². The van der Waals surface area contributed by atoms with E-state index < -0.39 is 24.5 Å². The number of benzene rings is 1. The van der Waals surface area contributed by atoms with Crippen LogP contribution in [0.1, 0.15) is 31.2 Å². The summed E-state index contributed by atoms with van der Waals surface area (Å²) in [4.78, 5) is 34.8. The summed E-state index contributed by atoms with van der Waals surface area (Å²) in [6.07, 6.45) is 3.98. The standard InChI is InChI=1S/C17H21ClN2O5/c1-11-8-13(6-7-14(11)18)24-10-16(22)25-9-15(21)20-17(23)19-12-4-2-3-5-12/h6-8,12H,2-5,9-10H2,1H3,(H2,19,20,21,23). The molecule has 1 aliphatic rings. The highest BCUT2D eigenvalue weighted by Crippen LogP contribution is 2.21. The van der Waals surface area contributed by atoms with E-state index in [0.29, 0.717) is 10.8 Å². The number of nitrogens with one attached hydrogen (secondary N) is 2. The van der Waals surface area contributed by atoms with Crippen molar-refractivity contribution in [1.82, 2.24) is 10.6 Å². The van der Waals surface area contributed by atoms with Crippen molar-refractivity contribution >= 4 is 29.5 Å². The average molecular weight is 369 g/mol. The van der Waals surface area contributed by atoms with Crippen LogP contribution in [0.3, 0.4) is 0 Å². The summed E-state index contributed by atoms with van der Waals surface area (Å²) >= 11 is 5.90. The van der Waals surface area contributed by atoms with Crippen molar-refractivity contribution in [2.45, 2.75) is 38.6 Å². The van der Waals surface area contributed by atoms with E-state index in [2.05, 4.69) is 10.6 Å². The van der Waals surface area contributed by atoms with Crippen LogP contribution in [0.5, 0.6) is 5.75 Å². The second kappa shape index (κ2) is 9.27. The van der Waals surface area contributed by atoms with E-state index in [9.17, 15) is 14.4 Å². The topological polar surface area (TPSA) is 93.7 Å². The largest absolute Gasteiger partial charge is 0.482 e. The van der Waals surface area contributed by atoms with E-state index in [4.69, 9.17) is 21.1 Å². The van der Waals surface area contributed by atoms with Gasteiger partial charge in [0.1, 0.15) is 5.75 Å². The molecule has 8 heteroatoms. The minimum Gasteiger partial charge on any atom is -0.482 e. The number of esters is 1. The molecule has 0 radical (unpaired) electrons. The zero-order valence-electron chi connectivity index (χ0n) is 14.0. The maximum Gasteiger partial charge on any atom is 0.344 e. The molecule has 7 nitrogen and oxygen atoms in total. The number of hydrogen-bond donors (Lipinski definition) is 2. The lowest BCUT2D eigenvalue weighted by Gasteiger charge is -2.12. The predicted octanol–water partition coefficient (Wildman–Crippen LogP) is 2.34. The number of carbonyl (C=O) groups is 3. The summed E-state index contributed by atoms with van der Waals surface area (Å²) in [6, 6.07) is 4.51. The van der Waals surface area contributed by atoms with Crippen molar-refractivity contribution in [3.05, 3.63) is 28.8 Å². The Labute approximate surface area is 151 Å². The van der Waals surface area contributed by atoms with Crippen LogP contribution < -0.4 is 15.4 Å². The van der Waals surface area contributed by atoms with Gasteiger partial charge in [-0.15, -0.1) is 0 Å². The lowest BCUT2D eigenvalue weighted by Crippen LogP contribution is -2.45. The van der Waals surface area contributed by atoms with Crippen molar-refractivity contribution in [1.29, 1.82) is 0 Å². The number of amides is 3. The molecule has 0 heterocycles. The van der Waals surface area contributed by atoms with Gasteiger partial charge < -0.3 is 14.8 Å². The molecule has 1 aromatic rings. The first kappa shape index (κ1) is 19.1. The van der Waals surface area contributed by atoms with Gasteiger partial charge in [0.05, 0.1) is 0 Å². The van der Waals surface area contributed by atoms with Crippen molar-refractivity contribution in [3.8, 4) is 5.75 Å². The molecule has 0 bridgehead atoms. The number of imide groups is 1. The van der Waals surface area contributed by atoms with Crippen LogP contribution in [-0.2, 0) is 14.3 Å². The van der Waals surface area contributed by atoms with E-state index in [-0.39, 0.29) is 12.6 Å². The van der Waals surface area contributed by atoms with Crippen molar-refractivity contribution in [3.63, 3.8) is 0 Å². The number of aryl methyl sites for hydroxylation is 1. The van der Waals surface area contributed by atoms with E-state index in [1.807, 2.05) is 6.92 Å². The van der Waals surface area contributed by atoms with Crippen molar-refractivity contribution < 1.29 is 23.9 Å². The van der Waals surface area contributed by atoms with Gasteiger partial charge in [0.2, 0.25) is 0 Å². The third kappa shape index (κ3) is 6.62. The van der Waals surface area contributed by atoms with Crippen LogP contribution >= 0.6 is 11.6 Å². The molecule has 1 saturated carbocycles. The van der Waals surface area contributed by atoms with Gasteiger partial charge >= 0.3 is 12.0 Å². The van der Waals surface area contributed by atoms with Gasteiger partial charge in [-0.1, -0.05) is 24.4 Å². The normalized spacial score (nSPS) is 14.0. The molecule has 136 valence electrons. The molecule has 1 aromatic carbocycles. The summed E-state index contributed by atoms with van der Waals surface area (Å²) in [7, 11) is 0. The Balaban J connectivity index is 1.64. The summed E-state index contributed by atoms with van der Waals surface area (Å²) in [5.41, 5.74) is 0.820. The molecule has 1 fully saturated rings. The quantitative estimate of drug-likeness (QED) is 0.752. The molecular weight excluding hydrogens is 348 g/mol. The van der Waals surface area contributed by atoms with E-state index in [1.54, 1.807) is 18.2 Å². The van der Waals surface area contributed by atoms with E-state index in [0.717, 1.165) is 31.2 Å². The molecule has 0 spiro atoms.